The fourth-order valence-electron chi connectivity index (χ4n) is 3.33. The second-order valence-corrected chi connectivity index (χ2v) is 7.42. The van der Waals surface area contributed by atoms with Crippen LogP contribution in [0.3, 0.4) is 0 Å². The van der Waals surface area contributed by atoms with E-state index in [4.69, 9.17) is 4.74 Å². The van der Waals surface area contributed by atoms with Crippen molar-refractivity contribution < 1.29 is 9.53 Å². The van der Waals surface area contributed by atoms with Crippen LogP contribution in [0.15, 0.2) is 23.6 Å². The van der Waals surface area contributed by atoms with Crippen LogP contribution in [0.25, 0.3) is 0 Å². The molecule has 2 aliphatic rings. The molecule has 2 aliphatic heterocycles. The molecule has 1 amide bonds. The molecule has 2 aromatic rings. The molecule has 126 valence electrons. The van der Waals surface area contributed by atoms with Gasteiger partial charge in [-0.25, -0.2) is 4.98 Å². The molecular weight excluding hydrogens is 322 g/mol. The summed E-state index contributed by atoms with van der Waals surface area (Å²) in [5.41, 5.74) is 3.24. The molecule has 0 atom stereocenters. The molecule has 0 radical (unpaired) electrons. The van der Waals surface area contributed by atoms with Crippen molar-refractivity contribution in [3.63, 3.8) is 0 Å². The van der Waals surface area contributed by atoms with Gasteiger partial charge in [-0.05, 0) is 24.1 Å². The highest BCUT2D eigenvalue weighted by molar-refractivity contribution is 7.09. The summed E-state index contributed by atoms with van der Waals surface area (Å²) < 4.78 is 5.56. The second-order valence-electron chi connectivity index (χ2n) is 6.36. The molecule has 1 saturated heterocycles. The first-order valence-corrected chi connectivity index (χ1v) is 9.25. The number of hydrogen-bond donors (Lipinski definition) is 0. The summed E-state index contributed by atoms with van der Waals surface area (Å²) in [6.07, 6.45) is 1.01. The number of benzene rings is 1. The van der Waals surface area contributed by atoms with Crippen LogP contribution in [0.5, 0.6) is 5.75 Å². The van der Waals surface area contributed by atoms with Crippen LogP contribution in [-0.2, 0) is 13.0 Å². The molecule has 0 unspecified atom stereocenters. The third-order valence-corrected chi connectivity index (χ3v) is 5.43. The number of piperazine rings is 1. The summed E-state index contributed by atoms with van der Waals surface area (Å²) in [7, 11) is 0. The van der Waals surface area contributed by atoms with Crippen molar-refractivity contribution in [2.24, 2.45) is 0 Å². The maximum Gasteiger partial charge on any atom is 0.273 e. The normalized spacial score (nSPS) is 17.6. The summed E-state index contributed by atoms with van der Waals surface area (Å²) in [5.74, 6) is 1.10. The Labute approximate surface area is 145 Å². The van der Waals surface area contributed by atoms with E-state index in [0.29, 0.717) is 5.69 Å². The zero-order chi connectivity index (χ0) is 16.5. The van der Waals surface area contributed by atoms with E-state index in [9.17, 15) is 4.79 Å². The number of fused-ring (bicyclic) bond motifs is 1. The number of thiazole rings is 1. The summed E-state index contributed by atoms with van der Waals surface area (Å²) in [6, 6.07) is 6.50. The molecule has 0 N–H and O–H groups in total. The summed E-state index contributed by atoms with van der Waals surface area (Å²) in [6.45, 7) is 7.01. The third kappa shape index (κ3) is 3.16. The first kappa shape index (κ1) is 15.6. The highest BCUT2D eigenvalue weighted by Gasteiger charge is 2.24. The van der Waals surface area contributed by atoms with E-state index in [1.807, 2.05) is 17.2 Å². The van der Waals surface area contributed by atoms with Crippen molar-refractivity contribution in [3.05, 3.63) is 45.4 Å². The van der Waals surface area contributed by atoms with Crippen molar-refractivity contribution in [1.82, 2.24) is 14.8 Å². The smallest absolute Gasteiger partial charge is 0.273 e. The van der Waals surface area contributed by atoms with Gasteiger partial charge in [0.25, 0.3) is 5.91 Å². The van der Waals surface area contributed by atoms with Crippen LogP contribution in [-0.4, -0.2) is 53.5 Å². The lowest BCUT2D eigenvalue weighted by Crippen LogP contribution is -2.48. The Hall–Kier alpha value is -1.92. The Morgan fingerprint density at radius 2 is 2.12 bits per heavy atom. The topological polar surface area (TPSA) is 45.7 Å². The minimum Gasteiger partial charge on any atom is -0.493 e. The van der Waals surface area contributed by atoms with Crippen LogP contribution in [0.2, 0.25) is 0 Å². The van der Waals surface area contributed by atoms with E-state index in [1.54, 1.807) is 0 Å². The molecule has 6 heteroatoms. The Balaban J connectivity index is 1.34. The second kappa shape index (κ2) is 6.53. The molecule has 5 nitrogen and oxygen atoms in total. The number of nitrogens with zero attached hydrogens (tertiary/aromatic N) is 3. The Morgan fingerprint density at radius 3 is 2.88 bits per heavy atom. The number of ether oxygens (including phenoxy) is 1. The summed E-state index contributed by atoms with van der Waals surface area (Å²) in [4.78, 5) is 21.1. The zero-order valence-electron chi connectivity index (χ0n) is 13.8. The number of amides is 1. The number of carbonyl (C=O) groups is 1. The number of aryl methyl sites for hydroxylation is 1. The third-order valence-electron chi connectivity index (χ3n) is 4.66. The fourth-order valence-corrected chi connectivity index (χ4v) is 3.92. The standard InChI is InChI=1S/C18H21N3O2S/c1-13-19-16(12-24-13)18(22)21-7-5-20(6-8-21)11-14-2-3-17-15(10-14)4-9-23-17/h2-3,10,12H,4-9,11H2,1H3. The van der Waals surface area contributed by atoms with Gasteiger partial charge in [-0.1, -0.05) is 12.1 Å². The van der Waals surface area contributed by atoms with E-state index < -0.39 is 0 Å². The lowest BCUT2D eigenvalue weighted by Gasteiger charge is -2.34. The Bertz CT molecular complexity index is 750. The molecule has 1 aromatic heterocycles. The van der Waals surface area contributed by atoms with Gasteiger partial charge in [-0.15, -0.1) is 11.3 Å². The average Bonchev–Trinajstić information content (AvgIpc) is 3.23. The molecule has 0 bridgehead atoms. The molecule has 0 saturated carbocycles. The number of aromatic nitrogens is 1. The SMILES string of the molecule is Cc1nc(C(=O)N2CCN(Cc3ccc4c(c3)CCO4)CC2)cs1. The van der Waals surface area contributed by atoms with Gasteiger partial charge in [0.1, 0.15) is 11.4 Å². The van der Waals surface area contributed by atoms with Gasteiger partial charge in [0.2, 0.25) is 0 Å². The quantitative estimate of drug-likeness (QED) is 0.858. The predicted octanol–water partition coefficient (Wildman–Crippen LogP) is 2.34. The monoisotopic (exact) mass is 343 g/mol. The molecule has 0 aliphatic carbocycles. The number of rotatable bonds is 3. The maximum atomic E-state index is 12.4. The summed E-state index contributed by atoms with van der Waals surface area (Å²) in [5, 5.41) is 2.80. The van der Waals surface area contributed by atoms with Crippen molar-refractivity contribution in [3.8, 4) is 5.75 Å². The zero-order valence-corrected chi connectivity index (χ0v) is 14.6. The maximum absolute atomic E-state index is 12.4. The van der Waals surface area contributed by atoms with Crippen molar-refractivity contribution in [1.29, 1.82) is 0 Å². The van der Waals surface area contributed by atoms with Gasteiger partial charge in [0, 0.05) is 44.5 Å². The number of carbonyl (C=O) groups excluding carboxylic acids is 1. The van der Waals surface area contributed by atoms with Crippen LogP contribution in [0, 0.1) is 6.92 Å². The molecule has 4 rings (SSSR count). The van der Waals surface area contributed by atoms with E-state index in [-0.39, 0.29) is 5.91 Å². The van der Waals surface area contributed by atoms with Crippen molar-refractivity contribution in [2.75, 3.05) is 32.8 Å². The molecular formula is C18H21N3O2S. The average molecular weight is 343 g/mol. The van der Waals surface area contributed by atoms with Gasteiger partial charge < -0.3 is 9.64 Å². The first-order chi connectivity index (χ1) is 11.7. The fraction of sp³-hybridized carbons (Fsp3) is 0.444. The highest BCUT2D eigenvalue weighted by Crippen LogP contribution is 2.26. The largest absolute Gasteiger partial charge is 0.493 e. The van der Waals surface area contributed by atoms with Gasteiger partial charge in [0.05, 0.1) is 11.6 Å². The van der Waals surface area contributed by atoms with Gasteiger partial charge in [-0.2, -0.15) is 0 Å². The minimum atomic E-state index is 0.0636. The van der Waals surface area contributed by atoms with Crippen molar-refractivity contribution >= 4 is 17.2 Å². The van der Waals surface area contributed by atoms with E-state index in [0.717, 1.165) is 56.5 Å². The Kier molecular flexibility index (Phi) is 4.24. The van der Waals surface area contributed by atoms with E-state index in [1.165, 1.54) is 22.5 Å². The van der Waals surface area contributed by atoms with Crippen LogP contribution < -0.4 is 4.74 Å². The molecule has 0 spiro atoms. The van der Waals surface area contributed by atoms with Gasteiger partial charge >= 0.3 is 0 Å². The van der Waals surface area contributed by atoms with E-state index in [2.05, 4.69) is 28.1 Å². The van der Waals surface area contributed by atoms with Crippen LogP contribution in [0.1, 0.15) is 26.6 Å². The van der Waals surface area contributed by atoms with Crippen LogP contribution in [0.4, 0.5) is 0 Å². The van der Waals surface area contributed by atoms with Gasteiger partial charge in [-0.3, -0.25) is 9.69 Å². The van der Waals surface area contributed by atoms with Crippen molar-refractivity contribution in [2.45, 2.75) is 19.9 Å². The predicted molar refractivity (Wildman–Crippen MR) is 93.7 cm³/mol. The molecule has 1 aromatic carbocycles. The minimum absolute atomic E-state index is 0.0636. The van der Waals surface area contributed by atoms with Crippen LogP contribution >= 0.6 is 11.3 Å². The molecule has 3 heterocycles. The van der Waals surface area contributed by atoms with E-state index >= 15 is 0 Å². The van der Waals surface area contributed by atoms with Gasteiger partial charge in [0.15, 0.2) is 0 Å². The number of hydrogen-bond acceptors (Lipinski definition) is 5. The molecule has 1 fully saturated rings. The lowest BCUT2D eigenvalue weighted by atomic mass is 10.1. The molecule has 24 heavy (non-hydrogen) atoms. The first-order valence-electron chi connectivity index (χ1n) is 8.37. The lowest BCUT2D eigenvalue weighted by molar-refractivity contribution is 0.0623. The highest BCUT2D eigenvalue weighted by atomic mass is 32.1. The Morgan fingerprint density at radius 1 is 1.29 bits per heavy atom. The summed E-state index contributed by atoms with van der Waals surface area (Å²) >= 11 is 1.53.